The lowest BCUT2D eigenvalue weighted by atomic mass is 10.1. The van der Waals surface area contributed by atoms with Crippen molar-refractivity contribution in [3.63, 3.8) is 0 Å². The first-order chi connectivity index (χ1) is 46.7. The molecular formula is C75H125N3O18. The molecule has 0 spiro atoms. The van der Waals surface area contributed by atoms with E-state index in [0.717, 1.165) is 211 Å². The van der Waals surface area contributed by atoms with Gasteiger partial charge in [-0.1, -0.05) is 193 Å². The Labute approximate surface area is 576 Å². The Hall–Kier alpha value is -6.93. The van der Waals surface area contributed by atoms with Crippen LogP contribution in [0.1, 0.15) is 271 Å². The number of hydrogen-bond donors (Lipinski definition) is 3. The van der Waals surface area contributed by atoms with Crippen LogP contribution < -0.4 is 16.0 Å². The SMILES string of the molecule is C=CC(=O)OCCNC(=O)O[C@@H](C/C=C\CCCCCCCC(=O)OCC(COC(=O)CCCCCCC/C=C\C[C@@H](CCCCCC)OC(=O)NCCOC(=O)C=C)OC(=O)CCCCCCC/C=C\C[C@@H](CCCCCC)OC(=O)NCCOC(=O)C=C)CCCCCC. The quantitative estimate of drug-likeness (QED) is 0.0168. The van der Waals surface area contributed by atoms with E-state index in [9.17, 15) is 43.2 Å². The lowest BCUT2D eigenvalue weighted by Crippen LogP contribution is -2.31. The van der Waals surface area contributed by atoms with E-state index < -0.39 is 60.2 Å². The van der Waals surface area contributed by atoms with Crippen LogP contribution in [0.25, 0.3) is 0 Å². The highest BCUT2D eigenvalue weighted by molar-refractivity contribution is 5.82. The summed E-state index contributed by atoms with van der Waals surface area (Å²) in [7, 11) is 0. The molecule has 0 radical (unpaired) electrons. The predicted molar refractivity (Wildman–Crippen MR) is 375 cm³/mol. The van der Waals surface area contributed by atoms with Gasteiger partial charge in [0.2, 0.25) is 0 Å². The number of carbonyl (C=O) groups excluding carboxylic acids is 9. The van der Waals surface area contributed by atoms with E-state index in [1.165, 1.54) is 0 Å². The van der Waals surface area contributed by atoms with Crippen molar-refractivity contribution in [1.82, 2.24) is 16.0 Å². The van der Waals surface area contributed by atoms with Crippen molar-refractivity contribution in [1.29, 1.82) is 0 Å². The zero-order valence-electron chi connectivity index (χ0n) is 59.2. The van der Waals surface area contributed by atoms with Gasteiger partial charge in [-0.2, -0.15) is 0 Å². The van der Waals surface area contributed by atoms with Gasteiger partial charge in [0.1, 0.15) is 51.3 Å². The number of nitrogens with one attached hydrogen (secondary N) is 3. The molecule has 0 aliphatic rings. The fraction of sp³-hybridized carbons (Fsp3) is 0.720. The second-order valence-corrected chi connectivity index (χ2v) is 24.0. The van der Waals surface area contributed by atoms with Gasteiger partial charge in [-0.15, -0.1) is 0 Å². The number of unbranched alkanes of at least 4 members (excludes halogenated alkanes) is 24. The van der Waals surface area contributed by atoms with E-state index in [-0.39, 0.29) is 90.2 Å². The van der Waals surface area contributed by atoms with Crippen molar-refractivity contribution in [2.75, 3.05) is 52.7 Å². The van der Waals surface area contributed by atoms with Crippen LogP contribution in [0.2, 0.25) is 0 Å². The maximum absolute atomic E-state index is 13.1. The number of hydrogen-bond acceptors (Lipinski definition) is 18. The average Bonchev–Trinajstić information content (AvgIpc) is 3.45. The number of carbonyl (C=O) groups is 9. The maximum Gasteiger partial charge on any atom is 0.407 e. The summed E-state index contributed by atoms with van der Waals surface area (Å²) in [4.78, 5) is 110. The smallest absolute Gasteiger partial charge is 0.407 e. The molecule has 0 unspecified atom stereocenters. The minimum Gasteiger partial charge on any atom is -0.462 e. The van der Waals surface area contributed by atoms with E-state index in [2.05, 4.69) is 92.9 Å². The van der Waals surface area contributed by atoms with Crippen LogP contribution in [0.5, 0.6) is 0 Å². The Bertz CT molecular complexity index is 2080. The highest BCUT2D eigenvalue weighted by atomic mass is 16.6. The first-order valence-corrected chi connectivity index (χ1v) is 36.4. The molecule has 0 aromatic heterocycles. The van der Waals surface area contributed by atoms with Gasteiger partial charge in [0, 0.05) is 56.8 Å². The molecular weight excluding hydrogens is 1230 g/mol. The van der Waals surface area contributed by atoms with Gasteiger partial charge in [-0.05, 0) is 96.3 Å². The van der Waals surface area contributed by atoms with Crippen LogP contribution >= 0.6 is 0 Å². The molecule has 0 rings (SSSR count). The van der Waals surface area contributed by atoms with Gasteiger partial charge in [-0.25, -0.2) is 28.8 Å². The van der Waals surface area contributed by atoms with Crippen LogP contribution in [0.3, 0.4) is 0 Å². The lowest BCUT2D eigenvalue weighted by molar-refractivity contribution is -0.167. The van der Waals surface area contributed by atoms with E-state index in [1.54, 1.807) is 0 Å². The van der Waals surface area contributed by atoms with E-state index >= 15 is 0 Å². The highest BCUT2D eigenvalue weighted by Gasteiger charge is 2.21. The minimum absolute atomic E-state index is 0.0304. The van der Waals surface area contributed by atoms with Crippen molar-refractivity contribution < 1.29 is 85.8 Å². The van der Waals surface area contributed by atoms with Crippen molar-refractivity contribution in [3.05, 3.63) is 74.4 Å². The number of amides is 3. The van der Waals surface area contributed by atoms with Crippen molar-refractivity contribution in [2.45, 2.75) is 296 Å². The van der Waals surface area contributed by atoms with Crippen molar-refractivity contribution in [3.8, 4) is 0 Å². The molecule has 0 aliphatic carbocycles. The monoisotopic (exact) mass is 1360 g/mol. The fourth-order valence-corrected chi connectivity index (χ4v) is 9.90. The third kappa shape index (κ3) is 60.7. The molecule has 3 amide bonds. The molecule has 21 nitrogen and oxygen atoms in total. The largest absolute Gasteiger partial charge is 0.462 e. The standard InChI is InChI=1S/C75H125N3O18/c1-7-13-16-37-46-63(94-73(85)76-55-58-88-67(79)10-4)49-40-31-25-19-22-28-34-43-52-70(82)91-61-66(93-72(84)54-45-36-30-24-21-27-33-42-51-65(48-39-18-15-9-3)96-75(87)78-57-60-90-69(81)12-6)62-92-71(83)53-44-35-29-23-20-26-32-41-50-64(47-38-17-14-8-2)95-74(86)77-56-59-89-68(80)11-5/h10-12,31-33,40-42,63-66H,4-9,13-30,34-39,43-62H2,1-3H3,(H,76,85)(H,77,86)(H,78,87)/b40-31-,41-32-,42-33-/t63-,64-,65-/m1/s1. The summed E-state index contributed by atoms with van der Waals surface area (Å²) in [6.07, 6.45) is 45.6. The summed E-state index contributed by atoms with van der Waals surface area (Å²) in [5.41, 5.74) is 0. The molecule has 3 atom stereocenters. The van der Waals surface area contributed by atoms with Crippen molar-refractivity contribution in [2.24, 2.45) is 0 Å². The van der Waals surface area contributed by atoms with Crippen LogP contribution in [0, 0.1) is 0 Å². The zero-order chi connectivity index (χ0) is 70.6. The molecule has 0 aliphatic heterocycles. The summed E-state index contributed by atoms with van der Waals surface area (Å²) < 4.78 is 48.7. The lowest BCUT2D eigenvalue weighted by Gasteiger charge is -2.18. The van der Waals surface area contributed by atoms with Gasteiger partial charge >= 0.3 is 54.1 Å². The van der Waals surface area contributed by atoms with Crippen LogP contribution in [-0.2, 0) is 71.4 Å². The molecule has 96 heavy (non-hydrogen) atoms. The highest BCUT2D eigenvalue weighted by Crippen LogP contribution is 2.18. The Balaban J connectivity index is 5.15. The fourth-order valence-electron chi connectivity index (χ4n) is 9.90. The van der Waals surface area contributed by atoms with Gasteiger partial charge in [0.05, 0.1) is 19.6 Å². The van der Waals surface area contributed by atoms with Gasteiger partial charge in [0.25, 0.3) is 0 Å². The third-order valence-corrected chi connectivity index (χ3v) is 15.4. The molecule has 0 saturated carbocycles. The van der Waals surface area contributed by atoms with E-state index in [0.29, 0.717) is 38.5 Å². The summed E-state index contributed by atoms with van der Waals surface area (Å²) in [5.74, 6) is -2.92. The Morgan fingerprint density at radius 2 is 0.594 bits per heavy atom. The molecule has 21 heteroatoms. The second kappa shape index (κ2) is 66.7. The zero-order valence-corrected chi connectivity index (χ0v) is 59.2. The van der Waals surface area contributed by atoms with Crippen LogP contribution in [0.4, 0.5) is 14.4 Å². The number of alkyl carbamates (subject to hydrolysis) is 3. The minimum atomic E-state index is -0.941. The van der Waals surface area contributed by atoms with Gasteiger partial charge in [0.15, 0.2) is 6.10 Å². The number of esters is 6. The normalized spacial score (nSPS) is 12.1. The summed E-state index contributed by atoms with van der Waals surface area (Å²) in [5, 5.41) is 7.89. The summed E-state index contributed by atoms with van der Waals surface area (Å²) >= 11 is 0. The molecule has 548 valence electrons. The number of allylic oxidation sites excluding steroid dienone is 3. The van der Waals surface area contributed by atoms with Crippen LogP contribution in [0.15, 0.2) is 74.4 Å². The third-order valence-electron chi connectivity index (χ3n) is 15.4. The molecule has 0 aromatic carbocycles. The Morgan fingerprint density at radius 3 is 0.896 bits per heavy atom. The van der Waals surface area contributed by atoms with Gasteiger partial charge < -0.3 is 58.6 Å². The summed E-state index contributed by atoms with van der Waals surface area (Å²) in [6.45, 7) is 16.6. The summed E-state index contributed by atoms with van der Waals surface area (Å²) in [6, 6.07) is 0. The predicted octanol–water partition coefficient (Wildman–Crippen LogP) is 16.4. The van der Waals surface area contributed by atoms with E-state index in [1.807, 2.05) is 0 Å². The average molecular weight is 1360 g/mol. The van der Waals surface area contributed by atoms with E-state index in [4.69, 9.17) is 42.6 Å². The molecule has 0 fully saturated rings. The number of ether oxygens (including phenoxy) is 9. The molecule has 0 aromatic rings. The number of rotatable bonds is 65. The van der Waals surface area contributed by atoms with Crippen molar-refractivity contribution >= 4 is 54.1 Å². The second-order valence-electron chi connectivity index (χ2n) is 24.0. The molecule has 3 N–H and O–H groups in total. The molecule has 0 heterocycles. The molecule has 0 bridgehead atoms. The van der Waals surface area contributed by atoms with Crippen LogP contribution in [-0.4, -0.2) is 131 Å². The van der Waals surface area contributed by atoms with Gasteiger partial charge in [-0.3, -0.25) is 14.4 Å². The Morgan fingerprint density at radius 1 is 0.312 bits per heavy atom. The first kappa shape index (κ1) is 89.1. The maximum atomic E-state index is 13.1. The molecule has 0 saturated heterocycles. The first-order valence-electron chi connectivity index (χ1n) is 36.4. The topological polar surface area (TPSA) is 273 Å². The Kier molecular flexibility index (Phi) is 61.9.